The van der Waals surface area contributed by atoms with Gasteiger partial charge in [0.05, 0.1) is 0 Å². The Morgan fingerprint density at radius 3 is 2.22 bits per heavy atom. The van der Waals surface area contributed by atoms with Gasteiger partial charge in [-0.25, -0.2) is 9.59 Å². The number of hydrogen-bond donors (Lipinski definition) is 0. The van der Waals surface area contributed by atoms with Crippen LogP contribution < -0.4 is 5.23 Å². The Kier molecular flexibility index (Phi) is 4.97. The highest BCUT2D eigenvalue weighted by atomic mass is 35.5. The first kappa shape index (κ1) is 14.3. The van der Waals surface area contributed by atoms with Gasteiger partial charge in [-0.15, -0.1) is 0 Å². The van der Waals surface area contributed by atoms with Crippen LogP contribution in [-0.2, 0) is 25.7 Å². The van der Waals surface area contributed by atoms with E-state index < -0.39 is 11.9 Å². The molecule has 0 radical (unpaired) electrons. The van der Waals surface area contributed by atoms with Crippen molar-refractivity contribution in [3.05, 3.63) is 28.8 Å². The second-order valence-electron chi connectivity index (χ2n) is 3.51. The van der Waals surface area contributed by atoms with Gasteiger partial charge in [-0.3, -0.25) is 0 Å². The summed E-state index contributed by atoms with van der Waals surface area (Å²) in [5.74, 6) is -1.20. The molecule has 1 aromatic carbocycles. The van der Waals surface area contributed by atoms with E-state index in [-0.39, 0.29) is 0 Å². The molecule has 0 N–H and O–H groups in total. The van der Waals surface area contributed by atoms with Crippen LogP contribution in [0, 0.1) is 0 Å². The lowest BCUT2D eigenvalue weighted by molar-refractivity contribution is -0.171. The second kappa shape index (κ2) is 6.26. The molecule has 0 atom stereocenters. The maximum atomic E-state index is 11.0. The van der Waals surface area contributed by atoms with Crippen LogP contribution in [0.5, 0.6) is 0 Å². The second-order valence-corrected chi connectivity index (χ2v) is 3.92. The SMILES string of the molecule is CCc1c(Cl)cccc1N(OC(C)=O)OC(C)=O. The normalized spacial score (nSPS) is 9.78. The van der Waals surface area contributed by atoms with Crippen molar-refractivity contribution in [3.63, 3.8) is 0 Å². The van der Waals surface area contributed by atoms with Crippen LogP contribution in [0.4, 0.5) is 5.69 Å². The molecule has 0 aliphatic heterocycles. The summed E-state index contributed by atoms with van der Waals surface area (Å²) < 4.78 is 0. The Balaban J connectivity index is 3.15. The number of nitrogens with zero attached hydrogens (tertiary/aromatic N) is 1. The largest absolute Gasteiger partial charge is 0.333 e. The number of rotatable bonds is 4. The quantitative estimate of drug-likeness (QED) is 0.788. The van der Waals surface area contributed by atoms with E-state index in [9.17, 15) is 9.59 Å². The summed E-state index contributed by atoms with van der Waals surface area (Å²) in [6.07, 6.45) is 0.605. The molecule has 18 heavy (non-hydrogen) atoms. The topological polar surface area (TPSA) is 55.8 Å². The molecule has 0 heterocycles. The molecule has 6 heteroatoms. The van der Waals surface area contributed by atoms with Gasteiger partial charge in [0.25, 0.3) is 0 Å². The van der Waals surface area contributed by atoms with E-state index in [2.05, 4.69) is 0 Å². The van der Waals surface area contributed by atoms with E-state index in [4.69, 9.17) is 21.3 Å². The van der Waals surface area contributed by atoms with Gasteiger partial charge >= 0.3 is 11.9 Å². The first-order chi connectivity index (χ1) is 8.45. The lowest BCUT2D eigenvalue weighted by atomic mass is 10.1. The number of hydrogen-bond acceptors (Lipinski definition) is 5. The predicted molar refractivity (Wildman–Crippen MR) is 66.8 cm³/mol. The summed E-state index contributed by atoms with van der Waals surface area (Å²) in [6.45, 7) is 4.32. The Morgan fingerprint density at radius 1 is 1.22 bits per heavy atom. The highest BCUT2D eigenvalue weighted by Crippen LogP contribution is 2.28. The molecular formula is C12H14ClNO4. The fourth-order valence-corrected chi connectivity index (χ4v) is 1.72. The Bertz CT molecular complexity index is 445. The van der Waals surface area contributed by atoms with E-state index in [1.165, 1.54) is 13.8 Å². The zero-order chi connectivity index (χ0) is 13.7. The van der Waals surface area contributed by atoms with Crippen LogP contribution in [0.3, 0.4) is 0 Å². The molecule has 98 valence electrons. The van der Waals surface area contributed by atoms with E-state index >= 15 is 0 Å². The van der Waals surface area contributed by atoms with Crippen molar-refractivity contribution < 1.29 is 19.3 Å². The van der Waals surface area contributed by atoms with Gasteiger partial charge < -0.3 is 9.68 Å². The molecule has 0 amide bonds. The van der Waals surface area contributed by atoms with E-state index in [1.807, 2.05) is 6.92 Å². The van der Waals surface area contributed by atoms with Crippen molar-refractivity contribution in [2.24, 2.45) is 0 Å². The maximum Gasteiger partial charge on any atom is 0.333 e. The minimum Gasteiger partial charge on any atom is -0.306 e. The molecule has 0 aliphatic carbocycles. The number of carbonyl (C=O) groups excluding carboxylic acids is 2. The van der Waals surface area contributed by atoms with Crippen LogP contribution in [-0.4, -0.2) is 11.9 Å². The molecule has 0 saturated carbocycles. The molecule has 5 nitrogen and oxygen atoms in total. The average Bonchev–Trinajstić information content (AvgIpc) is 2.26. The van der Waals surface area contributed by atoms with Gasteiger partial charge in [-0.05, 0) is 23.8 Å². The third-order valence-electron chi connectivity index (χ3n) is 2.07. The van der Waals surface area contributed by atoms with Crippen molar-refractivity contribution >= 4 is 29.2 Å². The van der Waals surface area contributed by atoms with Crippen LogP contribution in [0.25, 0.3) is 0 Å². The molecule has 1 rings (SSSR count). The monoisotopic (exact) mass is 271 g/mol. The zero-order valence-electron chi connectivity index (χ0n) is 10.4. The molecular weight excluding hydrogens is 258 g/mol. The fourth-order valence-electron chi connectivity index (χ4n) is 1.42. The smallest absolute Gasteiger partial charge is 0.306 e. The van der Waals surface area contributed by atoms with Crippen molar-refractivity contribution in [1.29, 1.82) is 0 Å². The van der Waals surface area contributed by atoms with Crippen molar-refractivity contribution in [2.75, 3.05) is 5.23 Å². The van der Waals surface area contributed by atoms with Crippen LogP contribution in [0.15, 0.2) is 18.2 Å². The highest BCUT2D eigenvalue weighted by Gasteiger charge is 2.18. The van der Waals surface area contributed by atoms with Gasteiger partial charge in [-0.2, -0.15) is 0 Å². The Hall–Kier alpha value is -1.75. The number of benzene rings is 1. The van der Waals surface area contributed by atoms with Crippen LogP contribution >= 0.6 is 11.6 Å². The standard InChI is InChI=1S/C12H14ClNO4/c1-4-10-11(13)6-5-7-12(10)14(17-8(2)15)18-9(3)16/h5-7H,4H2,1-3H3. The molecule has 0 fully saturated rings. The van der Waals surface area contributed by atoms with Gasteiger partial charge in [0.2, 0.25) is 0 Å². The van der Waals surface area contributed by atoms with E-state index in [0.29, 0.717) is 17.1 Å². The summed E-state index contributed by atoms with van der Waals surface area (Å²) in [7, 11) is 0. The first-order valence-electron chi connectivity index (χ1n) is 5.40. The van der Waals surface area contributed by atoms with Gasteiger partial charge in [0.15, 0.2) is 0 Å². The first-order valence-corrected chi connectivity index (χ1v) is 5.78. The zero-order valence-corrected chi connectivity index (χ0v) is 11.2. The summed E-state index contributed by atoms with van der Waals surface area (Å²) in [5.41, 5.74) is 1.15. The van der Waals surface area contributed by atoms with Gasteiger partial charge in [-0.1, -0.05) is 24.6 Å². The Labute approximate surface area is 110 Å². The molecule has 0 aromatic heterocycles. The average molecular weight is 272 g/mol. The third kappa shape index (κ3) is 3.63. The molecule has 1 aromatic rings. The van der Waals surface area contributed by atoms with Gasteiger partial charge in [0, 0.05) is 24.4 Å². The number of anilines is 1. The van der Waals surface area contributed by atoms with Crippen molar-refractivity contribution in [2.45, 2.75) is 27.2 Å². The van der Waals surface area contributed by atoms with E-state index in [1.54, 1.807) is 18.2 Å². The number of carbonyl (C=O) groups is 2. The predicted octanol–water partition coefficient (Wildman–Crippen LogP) is 2.67. The number of halogens is 1. The van der Waals surface area contributed by atoms with Gasteiger partial charge in [0.1, 0.15) is 5.69 Å². The third-order valence-corrected chi connectivity index (χ3v) is 2.42. The van der Waals surface area contributed by atoms with Crippen LogP contribution in [0.2, 0.25) is 5.02 Å². The summed E-state index contributed by atoms with van der Waals surface area (Å²) in [4.78, 5) is 31.7. The minimum absolute atomic E-state index is 0.426. The molecule has 0 unspecified atom stereocenters. The molecule has 0 saturated heterocycles. The molecule has 0 aliphatic rings. The van der Waals surface area contributed by atoms with Crippen LogP contribution in [0.1, 0.15) is 26.3 Å². The van der Waals surface area contributed by atoms with Crippen molar-refractivity contribution in [3.8, 4) is 0 Å². The summed E-state index contributed by atoms with van der Waals surface area (Å²) in [5, 5.41) is 1.30. The van der Waals surface area contributed by atoms with Crippen molar-refractivity contribution in [1.82, 2.24) is 0 Å². The Morgan fingerprint density at radius 2 is 1.78 bits per heavy atom. The summed E-state index contributed by atoms with van der Waals surface area (Å²) in [6, 6.07) is 5.04. The van der Waals surface area contributed by atoms with E-state index in [0.717, 1.165) is 10.8 Å². The lowest BCUT2D eigenvalue weighted by Gasteiger charge is -2.22. The molecule has 0 spiro atoms. The fraction of sp³-hybridized carbons (Fsp3) is 0.333. The maximum absolute atomic E-state index is 11.0. The highest BCUT2D eigenvalue weighted by molar-refractivity contribution is 6.31. The minimum atomic E-state index is -0.599. The molecule has 0 bridgehead atoms. The lowest BCUT2D eigenvalue weighted by Crippen LogP contribution is -2.29. The summed E-state index contributed by atoms with van der Waals surface area (Å²) >= 11 is 6.04.